The predicted molar refractivity (Wildman–Crippen MR) is 68.2 cm³/mol. The highest BCUT2D eigenvalue weighted by atomic mass is 16.5. The smallest absolute Gasteiger partial charge is 0.327 e. The molecular formula is C13H16N2O3. The predicted octanol–water partition coefficient (Wildman–Crippen LogP) is 1.27. The number of aromatic nitrogens is 2. The Kier molecular flexibility index (Phi) is 3.72. The van der Waals surface area contributed by atoms with Crippen molar-refractivity contribution in [2.45, 2.75) is 6.54 Å². The molecule has 0 radical (unpaired) electrons. The van der Waals surface area contributed by atoms with E-state index in [-0.39, 0.29) is 5.69 Å². The fourth-order valence-electron chi connectivity index (χ4n) is 1.61. The second kappa shape index (κ2) is 5.44. The number of benzene rings is 1. The quantitative estimate of drug-likeness (QED) is 0.800. The van der Waals surface area contributed by atoms with Crippen LogP contribution < -0.4 is 15.2 Å². The Labute approximate surface area is 105 Å². The van der Waals surface area contributed by atoms with Crippen molar-refractivity contribution in [3.05, 3.63) is 47.1 Å². The van der Waals surface area contributed by atoms with Crippen LogP contribution in [0.25, 0.3) is 0 Å². The molecule has 0 N–H and O–H groups in total. The molecule has 0 atom stereocenters. The summed E-state index contributed by atoms with van der Waals surface area (Å²) in [6, 6.07) is 7.35. The van der Waals surface area contributed by atoms with Crippen molar-refractivity contribution in [2.24, 2.45) is 7.05 Å². The van der Waals surface area contributed by atoms with Crippen LogP contribution in [0.15, 0.2) is 41.5 Å². The van der Waals surface area contributed by atoms with Gasteiger partial charge in [0.2, 0.25) is 0 Å². The summed E-state index contributed by atoms with van der Waals surface area (Å²) in [6.07, 6.45) is 3.48. The first kappa shape index (κ1) is 12.3. The first-order chi connectivity index (χ1) is 8.70. The van der Waals surface area contributed by atoms with E-state index < -0.39 is 0 Å². The van der Waals surface area contributed by atoms with E-state index in [9.17, 15) is 4.79 Å². The average Bonchev–Trinajstić information content (AvgIpc) is 2.71. The molecule has 0 aliphatic rings. The van der Waals surface area contributed by atoms with Gasteiger partial charge >= 0.3 is 5.69 Å². The Bertz CT molecular complexity index is 554. The van der Waals surface area contributed by atoms with E-state index in [4.69, 9.17) is 9.47 Å². The van der Waals surface area contributed by atoms with Crippen LogP contribution >= 0.6 is 0 Å². The molecular weight excluding hydrogens is 232 g/mol. The minimum Gasteiger partial charge on any atom is -0.497 e. The second-order valence-corrected chi connectivity index (χ2v) is 3.91. The molecule has 0 aliphatic carbocycles. The van der Waals surface area contributed by atoms with Crippen LogP contribution in [0.3, 0.4) is 0 Å². The van der Waals surface area contributed by atoms with Crippen LogP contribution in [0, 0.1) is 0 Å². The van der Waals surface area contributed by atoms with Gasteiger partial charge in [-0.1, -0.05) is 0 Å². The SMILES string of the molecule is COc1ccc(OCCn2ccn(C)c2=O)cc1. The average molecular weight is 248 g/mol. The van der Waals surface area contributed by atoms with Crippen LogP contribution in [-0.4, -0.2) is 22.9 Å². The number of rotatable bonds is 5. The molecule has 1 heterocycles. The van der Waals surface area contributed by atoms with E-state index in [0.29, 0.717) is 13.2 Å². The normalized spacial score (nSPS) is 10.3. The van der Waals surface area contributed by atoms with Crippen molar-refractivity contribution in [1.29, 1.82) is 0 Å². The van der Waals surface area contributed by atoms with Gasteiger partial charge in [-0.05, 0) is 24.3 Å². The van der Waals surface area contributed by atoms with Gasteiger partial charge in [-0.25, -0.2) is 4.79 Å². The summed E-state index contributed by atoms with van der Waals surface area (Å²) < 4.78 is 13.8. The Morgan fingerprint density at radius 2 is 1.78 bits per heavy atom. The highest BCUT2D eigenvalue weighted by molar-refractivity contribution is 5.31. The van der Waals surface area contributed by atoms with Crippen LogP contribution in [0.2, 0.25) is 0 Å². The van der Waals surface area contributed by atoms with Crippen molar-refractivity contribution >= 4 is 0 Å². The van der Waals surface area contributed by atoms with Crippen molar-refractivity contribution in [3.8, 4) is 11.5 Å². The van der Waals surface area contributed by atoms with Crippen molar-refractivity contribution < 1.29 is 9.47 Å². The topological polar surface area (TPSA) is 45.4 Å². The first-order valence-electron chi connectivity index (χ1n) is 5.69. The van der Waals surface area contributed by atoms with Crippen LogP contribution in [0.4, 0.5) is 0 Å². The van der Waals surface area contributed by atoms with Gasteiger partial charge in [0.25, 0.3) is 0 Å². The van der Waals surface area contributed by atoms with E-state index in [0.717, 1.165) is 11.5 Å². The zero-order chi connectivity index (χ0) is 13.0. The lowest BCUT2D eigenvalue weighted by atomic mass is 10.3. The van der Waals surface area contributed by atoms with Gasteiger partial charge in [-0.2, -0.15) is 0 Å². The van der Waals surface area contributed by atoms with Gasteiger partial charge in [-0.15, -0.1) is 0 Å². The van der Waals surface area contributed by atoms with E-state index in [1.165, 1.54) is 4.57 Å². The molecule has 96 valence electrons. The zero-order valence-electron chi connectivity index (χ0n) is 10.5. The molecule has 0 amide bonds. The molecule has 2 rings (SSSR count). The van der Waals surface area contributed by atoms with Gasteiger partial charge in [0.05, 0.1) is 13.7 Å². The van der Waals surface area contributed by atoms with E-state index in [2.05, 4.69) is 0 Å². The van der Waals surface area contributed by atoms with Crippen LogP contribution in [-0.2, 0) is 13.6 Å². The number of imidazole rings is 1. The summed E-state index contributed by atoms with van der Waals surface area (Å²) in [4.78, 5) is 11.5. The van der Waals surface area contributed by atoms with Gasteiger partial charge < -0.3 is 14.0 Å². The molecule has 18 heavy (non-hydrogen) atoms. The minimum atomic E-state index is -0.0340. The lowest BCUT2D eigenvalue weighted by Crippen LogP contribution is -2.24. The molecule has 0 bridgehead atoms. The van der Waals surface area contributed by atoms with Gasteiger partial charge in [-0.3, -0.25) is 4.57 Å². The lowest BCUT2D eigenvalue weighted by molar-refractivity contribution is 0.295. The van der Waals surface area contributed by atoms with Crippen molar-refractivity contribution in [3.63, 3.8) is 0 Å². The fourth-order valence-corrected chi connectivity index (χ4v) is 1.61. The lowest BCUT2D eigenvalue weighted by Gasteiger charge is -2.07. The molecule has 5 heteroatoms. The first-order valence-corrected chi connectivity index (χ1v) is 5.69. The summed E-state index contributed by atoms with van der Waals surface area (Å²) in [5.41, 5.74) is -0.0340. The van der Waals surface area contributed by atoms with Crippen LogP contribution in [0.5, 0.6) is 11.5 Å². The summed E-state index contributed by atoms with van der Waals surface area (Å²) in [5, 5.41) is 0. The maximum absolute atomic E-state index is 11.5. The van der Waals surface area contributed by atoms with E-state index in [1.807, 2.05) is 24.3 Å². The van der Waals surface area contributed by atoms with Gasteiger partial charge in [0.15, 0.2) is 0 Å². The number of aryl methyl sites for hydroxylation is 1. The Balaban J connectivity index is 1.88. The van der Waals surface area contributed by atoms with E-state index >= 15 is 0 Å². The van der Waals surface area contributed by atoms with Crippen molar-refractivity contribution in [2.75, 3.05) is 13.7 Å². The highest BCUT2D eigenvalue weighted by Gasteiger charge is 2.00. The Hall–Kier alpha value is -2.17. The standard InChI is InChI=1S/C13H16N2O3/c1-14-7-8-15(13(14)16)9-10-18-12-5-3-11(17-2)4-6-12/h3-8H,9-10H2,1-2H3. The second-order valence-electron chi connectivity index (χ2n) is 3.91. The third kappa shape index (κ3) is 2.74. The molecule has 5 nitrogen and oxygen atoms in total. The third-order valence-electron chi connectivity index (χ3n) is 2.68. The summed E-state index contributed by atoms with van der Waals surface area (Å²) >= 11 is 0. The molecule has 0 unspecified atom stereocenters. The molecule has 0 saturated heterocycles. The molecule has 2 aromatic rings. The number of ether oxygens (including phenoxy) is 2. The number of hydrogen-bond donors (Lipinski definition) is 0. The molecule has 1 aromatic heterocycles. The molecule has 0 fully saturated rings. The van der Waals surface area contributed by atoms with Crippen LogP contribution in [0.1, 0.15) is 0 Å². The monoisotopic (exact) mass is 248 g/mol. The molecule has 1 aromatic carbocycles. The van der Waals surface area contributed by atoms with Crippen molar-refractivity contribution in [1.82, 2.24) is 9.13 Å². The minimum absolute atomic E-state index is 0.0340. The largest absolute Gasteiger partial charge is 0.497 e. The molecule has 0 aliphatic heterocycles. The van der Waals surface area contributed by atoms with Gasteiger partial charge in [0, 0.05) is 19.4 Å². The zero-order valence-corrected chi connectivity index (χ0v) is 10.5. The summed E-state index contributed by atoms with van der Waals surface area (Å²) in [7, 11) is 3.35. The van der Waals surface area contributed by atoms with E-state index in [1.54, 1.807) is 31.1 Å². The number of methoxy groups -OCH3 is 1. The summed E-state index contributed by atoms with van der Waals surface area (Å²) in [6.45, 7) is 0.988. The Morgan fingerprint density at radius 1 is 1.11 bits per heavy atom. The fraction of sp³-hybridized carbons (Fsp3) is 0.308. The van der Waals surface area contributed by atoms with Gasteiger partial charge in [0.1, 0.15) is 18.1 Å². The third-order valence-corrected chi connectivity index (χ3v) is 2.68. The maximum atomic E-state index is 11.5. The molecule has 0 spiro atoms. The highest BCUT2D eigenvalue weighted by Crippen LogP contribution is 2.16. The Morgan fingerprint density at radius 3 is 2.33 bits per heavy atom. The molecule has 0 saturated carbocycles. The maximum Gasteiger partial charge on any atom is 0.327 e. The summed E-state index contributed by atoms with van der Waals surface area (Å²) in [5.74, 6) is 1.56. The number of nitrogens with zero attached hydrogens (tertiary/aromatic N) is 2. The number of hydrogen-bond acceptors (Lipinski definition) is 3.